The molecule has 0 unspecified atom stereocenters. The fourth-order valence-electron chi connectivity index (χ4n) is 2.29. The van der Waals surface area contributed by atoms with Gasteiger partial charge in [0.1, 0.15) is 17.3 Å². The van der Waals surface area contributed by atoms with Gasteiger partial charge in [0.05, 0.1) is 6.61 Å². The number of para-hydroxylation sites is 2. The SMILES string of the molecule is O=C(NCCCOc1ccccc1)c1ccn(-c2ccccc2F)n1. The molecule has 0 aliphatic carbocycles. The molecular weight excluding hydrogens is 321 g/mol. The molecule has 1 amide bonds. The minimum Gasteiger partial charge on any atom is -0.494 e. The molecule has 5 nitrogen and oxygen atoms in total. The predicted octanol–water partition coefficient (Wildman–Crippen LogP) is 3.21. The van der Waals surface area contributed by atoms with Gasteiger partial charge in [-0.2, -0.15) is 5.10 Å². The third-order valence-electron chi connectivity index (χ3n) is 3.54. The Morgan fingerprint density at radius 3 is 2.64 bits per heavy atom. The number of carbonyl (C=O) groups is 1. The van der Waals surface area contributed by atoms with Gasteiger partial charge in [-0.1, -0.05) is 30.3 Å². The number of amides is 1. The lowest BCUT2D eigenvalue weighted by molar-refractivity contribution is 0.0946. The van der Waals surface area contributed by atoms with Gasteiger partial charge in [-0.3, -0.25) is 4.79 Å². The van der Waals surface area contributed by atoms with Crippen LogP contribution in [0.25, 0.3) is 5.69 Å². The molecule has 0 aliphatic heterocycles. The summed E-state index contributed by atoms with van der Waals surface area (Å²) >= 11 is 0. The Morgan fingerprint density at radius 2 is 1.84 bits per heavy atom. The quantitative estimate of drug-likeness (QED) is 0.673. The molecule has 0 saturated carbocycles. The molecule has 0 fully saturated rings. The molecule has 1 N–H and O–H groups in total. The monoisotopic (exact) mass is 339 g/mol. The van der Waals surface area contributed by atoms with E-state index < -0.39 is 5.82 Å². The van der Waals surface area contributed by atoms with Gasteiger partial charge in [0.15, 0.2) is 5.69 Å². The van der Waals surface area contributed by atoms with Gasteiger partial charge >= 0.3 is 0 Å². The first-order valence-corrected chi connectivity index (χ1v) is 8.00. The minimum atomic E-state index is -0.393. The van der Waals surface area contributed by atoms with Gasteiger partial charge in [-0.25, -0.2) is 9.07 Å². The Morgan fingerprint density at radius 1 is 1.08 bits per heavy atom. The molecule has 1 heterocycles. The molecule has 6 heteroatoms. The van der Waals surface area contributed by atoms with Crippen molar-refractivity contribution in [1.82, 2.24) is 15.1 Å². The number of benzene rings is 2. The highest BCUT2D eigenvalue weighted by Gasteiger charge is 2.11. The van der Waals surface area contributed by atoms with Crippen LogP contribution in [0, 0.1) is 5.82 Å². The normalized spacial score (nSPS) is 10.4. The lowest BCUT2D eigenvalue weighted by Gasteiger charge is -2.06. The van der Waals surface area contributed by atoms with Crippen LogP contribution in [0.5, 0.6) is 5.75 Å². The zero-order valence-electron chi connectivity index (χ0n) is 13.6. The largest absolute Gasteiger partial charge is 0.494 e. The maximum atomic E-state index is 13.7. The van der Waals surface area contributed by atoms with E-state index >= 15 is 0 Å². The van der Waals surface area contributed by atoms with Crippen LogP contribution in [0.2, 0.25) is 0 Å². The number of hydrogen-bond acceptors (Lipinski definition) is 3. The van der Waals surface area contributed by atoms with E-state index in [0.29, 0.717) is 25.3 Å². The van der Waals surface area contributed by atoms with Crippen molar-refractivity contribution < 1.29 is 13.9 Å². The maximum Gasteiger partial charge on any atom is 0.271 e. The summed E-state index contributed by atoms with van der Waals surface area (Å²) in [5.41, 5.74) is 0.546. The van der Waals surface area contributed by atoms with E-state index in [2.05, 4.69) is 10.4 Å². The summed E-state index contributed by atoms with van der Waals surface area (Å²) in [6, 6.07) is 17.3. The lowest BCUT2D eigenvalue weighted by Crippen LogP contribution is -2.26. The second-order valence-electron chi connectivity index (χ2n) is 5.37. The summed E-state index contributed by atoms with van der Waals surface area (Å²) in [4.78, 5) is 12.1. The summed E-state index contributed by atoms with van der Waals surface area (Å²) in [7, 11) is 0. The topological polar surface area (TPSA) is 56.1 Å². The molecule has 0 atom stereocenters. The molecule has 0 radical (unpaired) electrons. The molecule has 2 aromatic carbocycles. The Kier molecular flexibility index (Phi) is 5.41. The number of rotatable bonds is 7. The average molecular weight is 339 g/mol. The first kappa shape index (κ1) is 16.7. The summed E-state index contributed by atoms with van der Waals surface area (Å²) in [6.07, 6.45) is 2.24. The van der Waals surface area contributed by atoms with Crippen LogP contribution in [0.4, 0.5) is 4.39 Å². The van der Waals surface area contributed by atoms with Crippen molar-refractivity contribution in [3.8, 4) is 11.4 Å². The third kappa shape index (κ3) is 4.44. The van der Waals surface area contributed by atoms with E-state index in [1.807, 2.05) is 30.3 Å². The molecule has 0 spiro atoms. The van der Waals surface area contributed by atoms with Crippen LogP contribution < -0.4 is 10.1 Å². The Bertz CT molecular complexity index is 833. The van der Waals surface area contributed by atoms with E-state index in [-0.39, 0.29) is 11.6 Å². The standard InChI is InChI=1S/C19H18FN3O2/c20-16-9-4-5-10-18(16)23-13-11-17(22-23)19(24)21-12-6-14-25-15-7-2-1-3-8-15/h1-5,7-11,13H,6,12,14H2,(H,21,24). The minimum absolute atomic E-state index is 0.243. The van der Waals surface area contributed by atoms with Crippen LogP contribution in [0.3, 0.4) is 0 Å². The molecule has 3 rings (SSSR count). The average Bonchev–Trinajstić information content (AvgIpc) is 3.12. The van der Waals surface area contributed by atoms with E-state index in [4.69, 9.17) is 4.74 Å². The van der Waals surface area contributed by atoms with Gasteiger partial charge in [-0.05, 0) is 36.8 Å². The molecule has 25 heavy (non-hydrogen) atoms. The summed E-state index contributed by atoms with van der Waals surface area (Å²) in [5, 5.41) is 6.90. The van der Waals surface area contributed by atoms with Crippen LogP contribution in [0.1, 0.15) is 16.9 Å². The van der Waals surface area contributed by atoms with Gasteiger partial charge in [0, 0.05) is 12.7 Å². The third-order valence-corrected chi connectivity index (χ3v) is 3.54. The van der Waals surface area contributed by atoms with Crippen LogP contribution >= 0.6 is 0 Å². The summed E-state index contributed by atoms with van der Waals surface area (Å²) in [5.74, 6) is 0.114. The number of ether oxygens (including phenoxy) is 1. The lowest BCUT2D eigenvalue weighted by atomic mass is 10.3. The van der Waals surface area contributed by atoms with Crippen LogP contribution in [-0.2, 0) is 0 Å². The first-order valence-electron chi connectivity index (χ1n) is 8.00. The fraction of sp³-hybridized carbons (Fsp3) is 0.158. The second kappa shape index (κ2) is 8.10. The molecule has 0 bridgehead atoms. The van der Waals surface area contributed by atoms with Crippen molar-refractivity contribution in [1.29, 1.82) is 0 Å². The van der Waals surface area contributed by atoms with Gasteiger partial charge < -0.3 is 10.1 Å². The number of carbonyl (C=O) groups excluding carboxylic acids is 1. The highest BCUT2D eigenvalue weighted by molar-refractivity contribution is 5.92. The van der Waals surface area contributed by atoms with Crippen molar-refractivity contribution in [2.45, 2.75) is 6.42 Å². The van der Waals surface area contributed by atoms with Crippen LogP contribution in [-0.4, -0.2) is 28.8 Å². The highest BCUT2D eigenvalue weighted by atomic mass is 19.1. The van der Waals surface area contributed by atoms with E-state index in [0.717, 1.165) is 5.75 Å². The number of aromatic nitrogens is 2. The number of nitrogens with one attached hydrogen (secondary N) is 1. The highest BCUT2D eigenvalue weighted by Crippen LogP contribution is 2.12. The fourth-order valence-corrected chi connectivity index (χ4v) is 2.29. The predicted molar refractivity (Wildman–Crippen MR) is 92.4 cm³/mol. The molecule has 0 aliphatic rings. The Balaban J connectivity index is 1.47. The van der Waals surface area contributed by atoms with Gasteiger partial charge in [0.25, 0.3) is 5.91 Å². The molecule has 3 aromatic rings. The van der Waals surface area contributed by atoms with E-state index in [9.17, 15) is 9.18 Å². The van der Waals surface area contributed by atoms with Crippen LogP contribution in [0.15, 0.2) is 66.9 Å². The zero-order valence-corrected chi connectivity index (χ0v) is 13.6. The summed E-state index contributed by atoms with van der Waals surface area (Å²) in [6.45, 7) is 0.978. The van der Waals surface area contributed by atoms with Crippen molar-refractivity contribution >= 4 is 5.91 Å². The molecule has 1 aromatic heterocycles. The molecule has 0 saturated heterocycles. The first-order chi connectivity index (χ1) is 12.2. The number of hydrogen-bond donors (Lipinski definition) is 1. The smallest absolute Gasteiger partial charge is 0.271 e. The number of halogens is 1. The van der Waals surface area contributed by atoms with Gasteiger partial charge in [0.2, 0.25) is 0 Å². The Hall–Kier alpha value is -3.15. The van der Waals surface area contributed by atoms with Crippen molar-refractivity contribution in [3.63, 3.8) is 0 Å². The summed E-state index contributed by atoms with van der Waals surface area (Å²) < 4.78 is 20.6. The van der Waals surface area contributed by atoms with Crippen molar-refractivity contribution in [2.75, 3.05) is 13.2 Å². The van der Waals surface area contributed by atoms with Crippen molar-refractivity contribution in [2.24, 2.45) is 0 Å². The Labute approximate surface area is 145 Å². The van der Waals surface area contributed by atoms with E-state index in [1.54, 1.807) is 30.5 Å². The number of nitrogens with zero attached hydrogens (tertiary/aromatic N) is 2. The van der Waals surface area contributed by atoms with Crippen molar-refractivity contribution in [3.05, 3.63) is 78.4 Å². The maximum absolute atomic E-state index is 13.7. The second-order valence-corrected chi connectivity index (χ2v) is 5.37. The zero-order chi connectivity index (χ0) is 17.5. The molecule has 128 valence electrons. The van der Waals surface area contributed by atoms with Gasteiger partial charge in [-0.15, -0.1) is 0 Å². The van der Waals surface area contributed by atoms with E-state index in [1.165, 1.54) is 10.7 Å². The molecular formula is C19H18FN3O2.